The molecule has 0 spiro atoms. The van der Waals surface area contributed by atoms with Crippen molar-refractivity contribution in [2.24, 2.45) is 0 Å². The van der Waals surface area contributed by atoms with Crippen LogP contribution in [0.25, 0.3) is 0 Å². The number of fused-ring (bicyclic) bond motifs is 1. The van der Waals surface area contributed by atoms with Gasteiger partial charge in [0.25, 0.3) is 0 Å². The third-order valence-corrected chi connectivity index (χ3v) is 2.36. The van der Waals surface area contributed by atoms with Crippen molar-refractivity contribution in [3.8, 4) is 0 Å². The molecule has 1 aromatic rings. The van der Waals surface area contributed by atoms with Crippen LogP contribution in [-0.2, 0) is 11.2 Å². The van der Waals surface area contributed by atoms with Crippen LogP contribution < -0.4 is 10.6 Å². The van der Waals surface area contributed by atoms with E-state index < -0.39 is 0 Å². The summed E-state index contributed by atoms with van der Waals surface area (Å²) in [6.45, 7) is 0. The molecule has 2 N–H and O–H groups in total. The number of anilines is 2. The lowest BCUT2D eigenvalue weighted by Gasteiger charge is -2.18. The van der Waals surface area contributed by atoms with E-state index in [-0.39, 0.29) is 11.7 Å². The van der Waals surface area contributed by atoms with Crippen LogP contribution in [0.5, 0.6) is 0 Å². The van der Waals surface area contributed by atoms with Crippen LogP contribution in [0.15, 0.2) is 12.1 Å². The lowest BCUT2D eigenvalue weighted by atomic mass is 10.0. The maximum absolute atomic E-state index is 13.3. The van der Waals surface area contributed by atoms with Crippen LogP contribution in [-0.4, -0.2) is 13.0 Å². The molecule has 1 aliphatic rings. The number of nitrogens with one attached hydrogen (secondary N) is 2. The fourth-order valence-corrected chi connectivity index (χ4v) is 1.59. The summed E-state index contributed by atoms with van der Waals surface area (Å²) in [6, 6.07) is 3.10. The Balaban J connectivity index is 2.46. The maximum atomic E-state index is 13.3. The molecule has 0 aliphatic carbocycles. The van der Waals surface area contributed by atoms with Crippen molar-refractivity contribution in [1.29, 1.82) is 0 Å². The van der Waals surface area contributed by atoms with Gasteiger partial charge in [-0.25, -0.2) is 4.39 Å². The fourth-order valence-electron chi connectivity index (χ4n) is 1.59. The molecule has 1 amide bonds. The average Bonchev–Trinajstić information content (AvgIpc) is 2.17. The predicted molar refractivity (Wildman–Crippen MR) is 52.9 cm³/mol. The molecule has 0 saturated heterocycles. The molecule has 0 bridgehead atoms. The summed E-state index contributed by atoms with van der Waals surface area (Å²) >= 11 is 0. The number of carbonyl (C=O) groups is 1. The molecule has 0 radical (unpaired) electrons. The molecule has 0 aromatic heterocycles. The van der Waals surface area contributed by atoms with Crippen molar-refractivity contribution in [3.63, 3.8) is 0 Å². The number of amides is 1. The summed E-state index contributed by atoms with van der Waals surface area (Å²) in [5, 5.41) is 5.45. The monoisotopic (exact) mass is 194 g/mol. The van der Waals surface area contributed by atoms with E-state index in [2.05, 4.69) is 10.6 Å². The second-order valence-corrected chi connectivity index (χ2v) is 3.29. The van der Waals surface area contributed by atoms with Gasteiger partial charge >= 0.3 is 0 Å². The Labute approximate surface area is 81.3 Å². The molecule has 74 valence electrons. The molecule has 1 heterocycles. The van der Waals surface area contributed by atoms with Crippen LogP contribution in [0.3, 0.4) is 0 Å². The van der Waals surface area contributed by atoms with Crippen LogP contribution in [0.4, 0.5) is 15.8 Å². The number of rotatable bonds is 1. The third-order valence-electron chi connectivity index (χ3n) is 2.36. The highest BCUT2D eigenvalue weighted by molar-refractivity contribution is 5.94. The Morgan fingerprint density at radius 3 is 2.93 bits per heavy atom. The standard InChI is InChI=1S/C10H11FN2O/c1-12-9-5-8-6(4-7(9)11)2-3-10(14)13-8/h4-5,12H,2-3H2,1H3,(H,13,14). The van der Waals surface area contributed by atoms with Crippen molar-refractivity contribution in [2.75, 3.05) is 17.7 Å². The molecule has 1 aliphatic heterocycles. The zero-order valence-corrected chi connectivity index (χ0v) is 7.86. The molecule has 3 nitrogen and oxygen atoms in total. The van der Waals surface area contributed by atoms with E-state index >= 15 is 0 Å². The number of benzene rings is 1. The molecule has 0 fully saturated rings. The number of hydrogen-bond donors (Lipinski definition) is 2. The highest BCUT2D eigenvalue weighted by atomic mass is 19.1. The molecule has 0 saturated carbocycles. The Morgan fingerprint density at radius 1 is 1.43 bits per heavy atom. The minimum Gasteiger partial charge on any atom is -0.386 e. The molecule has 0 unspecified atom stereocenters. The van der Waals surface area contributed by atoms with E-state index in [0.717, 1.165) is 5.56 Å². The van der Waals surface area contributed by atoms with E-state index in [9.17, 15) is 9.18 Å². The molecular weight excluding hydrogens is 183 g/mol. The SMILES string of the molecule is CNc1cc2c(cc1F)CCC(=O)N2. The van der Waals surface area contributed by atoms with E-state index in [0.29, 0.717) is 24.2 Å². The molecular formula is C10H11FN2O. The highest BCUT2D eigenvalue weighted by Crippen LogP contribution is 2.28. The van der Waals surface area contributed by atoms with E-state index in [4.69, 9.17) is 0 Å². The van der Waals surface area contributed by atoms with Gasteiger partial charge in [0.05, 0.1) is 5.69 Å². The van der Waals surface area contributed by atoms with E-state index in [1.807, 2.05) is 0 Å². The summed E-state index contributed by atoms with van der Waals surface area (Å²) in [7, 11) is 1.65. The summed E-state index contributed by atoms with van der Waals surface area (Å²) in [4.78, 5) is 11.1. The summed E-state index contributed by atoms with van der Waals surface area (Å²) < 4.78 is 13.3. The Morgan fingerprint density at radius 2 is 2.21 bits per heavy atom. The molecule has 4 heteroatoms. The zero-order chi connectivity index (χ0) is 10.1. The zero-order valence-electron chi connectivity index (χ0n) is 7.86. The molecule has 1 aromatic carbocycles. The lowest BCUT2D eigenvalue weighted by molar-refractivity contribution is -0.116. The van der Waals surface area contributed by atoms with Crippen molar-refractivity contribution in [1.82, 2.24) is 0 Å². The van der Waals surface area contributed by atoms with Crippen LogP contribution in [0, 0.1) is 5.82 Å². The molecule has 2 rings (SSSR count). The average molecular weight is 194 g/mol. The highest BCUT2D eigenvalue weighted by Gasteiger charge is 2.16. The predicted octanol–water partition coefficient (Wildman–Crippen LogP) is 1.75. The van der Waals surface area contributed by atoms with Crippen LogP contribution in [0.2, 0.25) is 0 Å². The van der Waals surface area contributed by atoms with Gasteiger partial charge in [0.1, 0.15) is 5.82 Å². The minimum atomic E-state index is -0.276. The van der Waals surface area contributed by atoms with Gasteiger partial charge in [-0.1, -0.05) is 0 Å². The van der Waals surface area contributed by atoms with E-state index in [1.165, 1.54) is 6.07 Å². The van der Waals surface area contributed by atoms with Crippen molar-refractivity contribution in [2.45, 2.75) is 12.8 Å². The van der Waals surface area contributed by atoms with Gasteiger partial charge in [-0.15, -0.1) is 0 Å². The summed E-state index contributed by atoms with van der Waals surface area (Å²) in [6.07, 6.45) is 1.05. The van der Waals surface area contributed by atoms with Gasteiger partial charge in [0, 0.05) is 19.2 Å². The lowest BCUT2D eigenvalue weighted by Crippen LogP contribution is -2.19. The molecule has 14 heavy (non-hydrogen) atoms. The Kier molecular flexibility index (Phi) is 2.11. The first-order chi connectivity index (χ1) is 6.70. The van der Waals surface area contributed by atoms with Gasteiger partial charge in [-0.05, 0) is 24.1 Å². The number of carbonyl (C=O) groups excluding carboxylic acids is 1. The van der Waals surface area contributed by atoms with E-state index in [1.54, 1.807) is 13.1 Å². The number of aryl methyl sites for hydroxylation is 1. The first-order valence-corrected chi connectivity index (χ1v) is 4.50. The second kappa shape index (κ2) is 3.29. The first kappa shape index (κ1) is 8.99. The smallest absolute Gasteiger partial charge is 0.224 e. The third kappa shape index (κ3) is 1.43. The molecule has 0 atom stereocenters. The van der Waals surface area contributed by atoms with Gasteiger partial charge in [-0.3, -0.25) is 4.79 Å². The summed E-state index contributed by atoms with van der Waals surface area (Å²) in [5.74, 6) is -0.284. The minimum absolute atomic E-state index is 0.00818. The van der Waals surface area contributed by atoms with Crippen molar-refractivity contribution < 1.29 is 9.18 Å². The topological polar surface area (TPSA) is 41.1 Å². The van der Waals surface area contributed by atoms with Crippen LogP contribution in [0.1, 0.15) is 12.0 Å². The first-order valence-electron chi connectivity index (χ1n) is 4.50. The normalized spacial score (nSPS) is 14.6. The largest absolute Gasteiger partial charge is 0.386 e. The van der Waals surface area contributed by atoms with Gasteiger partial charge in [0.15, 0.2) is 0 Å². The fraction of sp³-hybridized carbons (Fsp3) is 0.300. The second-order valence-electron chi connectivity index (χ2n) is 3.29. The van der Waals surface area contributed by atoms with Gasteiger partial charge < -0.3 is 10.6 Å². The van der Waals surface area contributed by atoms with Crippen molar-refractivity contribution >= 4 is 17.3 Å². The Bertz CT molecular complexity index is 390. The number of hydrogen-bond acceptors (Lipinski definition) is 2. The maximum Gasteiger partial charge on any atom is 0.224 e. The summed E-state index contributed by atoms with van der Waals surface area (Å²) in [5.41, 5.74) is 1.99. The van der Waals surface area contributed by atoms with Gasteiger partial charge in [0.2, 0.25) is 5.91 Å². The quantitative estimate of drug-likeness (QED) is 0.715. The number of halogens is 1. The van der Waals surface area contributed by atoms with Gasteiger partial charge in [-0.2, -0.15) is 0 Å². The Hall–Kier alpha value is -1.58. The van der Waals surface area contributed by atoms with Crippen molar-refractivity contribution in [3.05, 3.63) is 23.5 Å². The van der Waals surface area contributed by atoms with Crippen LogP contribution >= 0.6 is 0 Å².